The van der Waals surface area contributed by atoms with Crippen molar-refractivity contribution in [3.63, 3.8) is 0 Å². The minimum absolute atomic E-state index is 0.198. The average molecular weight is 344 g/mol. The lowest BCUT2D eigenvalue weighted by Crippen LogP contribution is -2.16. The van der Waals surface area contributed by atoms with Crippen molar-refractivity contribution in [2.24, 2.45) is 5.73 Å². The van der Waals surface area contributed by atoms with Crippen molar-refractivity contribution >= 4 is 46.4 Å². The Hall–Kier alpha value is -1.26. The van der Waals surface area contributed by atoms with Crippen LogP contribution in [0.5, 0.6) is 0 Å². The standard InChI is InChI=1S/C15H13Cl3N2O/c16-11-6-13(18)14(7-12(11)17)20-15(21)5-9-3-1-2-4-10(9)8-19/h1-4,6-7H,5,8,19H2,(H,20,21). The third-order valence-electron chi connectivity index (χ3n) is 2.97. The summed E-state index contributed by atoms with van der Waals surface area (Å²) in [6, 6.07) is 10.5. The Labute approximate surface area is 138 Å². The molecule has 0 aliphatic carbocycles. The summed E-state index contributed by atoms with van der Waals surface area (Å²) in [5, 5.41) is 3.73. The summed E-state index contributed by atoms with van der Waals surface area (Å²) in [4.78, 5) is 12.1. The number of nitrogens with one attached hydrogen (secondary N) is 1. The summed E-state index contributed by atoms with van der Waals surface area (Å²) in [7, 11) is 0. The van der Waals surface area contributed by atoms with Crippen LogP contribution < -0.4 is 11.1 Å². The smallest absolute Gasteiger partial charge is 0.228 e. The zero-order chi connectivity index (χ0) is 15.4. The first-order chi connectivity index (χ1) is 10.0. The topological polar surface area (TPSA) is 55.1 Å². The van der Waals surface area contributed by atoms with E-state index in [1.807, 2.05) is 24.3 Å². The van der Waals surface area contributed by atoms with Gasteiger partial charge in [-0.3, -0.25) is 4.79 Å². The molecule has 21 heavy (non-hydrogen) atoms. The second-order valence-electron chi connectivity index (χ2n) is 4.44. The second kappa shape index (κ2) is 7.14. The maximum Gasteiger partial charge on any atom is 0.228 e. The molecule has 2 aromatic carbocycles. The van der Waals surface area contributed by atoms with Gasteiger partial charge in [-0.15, -0.1) is 0 Å². The van der Waals surface area contributed by atoms with Crippen molar-refractivity contribution in [1.29, 1.82) is 0 Å². The zero-order valence-electron chi connectivity index (χ0n) is 11.0. The molecule has 0 bridgehead atoms. The molecule has 0 fully saturated rings. The number of carbonyl (C=O) groups excluding carboxylic acids is 1. The quantitative estimate of drug-likeness (QED) is 0.814. The highest BCUT2D eigenvalue weighted by molar-refractivity contribution is 6.44. The number of hydrogen-bond acceptors (Lipinski definition) is 2. The van der Waals surface area contributed by atoms with E-state index >= 15 is 0 Å². The van der Waals surface area contributed by atoms with Crippen LogP contribution in [0.1, 0.15) is 11.1 Å². The molecule has 1 amide bonds. The molecule has 0 aliphatic rings. The van der Waals surface area contributed by atoms with Crippen LogP contribution in [0.25, 0.3) is 0 Å². The molecule has 0 aliphatic heterocycles. The molecule has 0 saturated carbocycles. The predicted molar refractivity (Wildman–Crippen MR) is 88.1 cm³/mol. The maximum atomic E-state index is 12.1. The lowest BCUT2D eigenvalue weighted by Gasteiger charge is -2.10. The van der Waals surface area contributed by atoms with Crippen LogP contribution in [0.2, 0.25) is 15.1 Å². The molecule has 2 aromatic rings. The molecule has 0 unspecified atom stereocenters. The van der Waals surface area contributed by atoms with Crippen LogP contribution in [0.3, 0.4) is 0 Å². The van der Waals surface area contributed by atoms with E-state index in [0.717, 1.165) is 11.1 Å². The van der Waals surface area contributed by atoms with Gasteiger partial charge in [-0.2, -0.15) is 0 Å². The van der Waals surface area contributed by atoms with E-state index in [0.29, 0.717) is 27.3 Å². The SMILES string of the molecule is NCc1ccccc1CC(=O)Nc1cc(Cl)c(Cl)cc1Cl. The number of benzene rings is 2. The van der Waals surface area contributed by atoms with E-state index in [1.165, 1.54) is 12.1 Å². The molecular weight excluding hydrogens is 331 g/mol. The summed E-state index contributed by atoms with van der Waals surface area (Å²) in [6.07, 6.45) is 0.212. The third kappa shape index (κ3) is 4.11. The van der Waals surface area contributed by atoms with Crippen molar-refractivity contribution in [3.8, 4) is 0 Å². The monoisotopic (exact) mass is 342 g/mol. The summed E-state index contributed by atoms with van der Waals surface area (Å²) >= 11 is 17.8. The van der Waals surface area contributed by atoms with Gasteiger partial charge < -0.3 is 11.1 Å². The highest BCUT2D eigenvalue weighted by atomic mass is 35.5. The van der Waals surface area contributed by atoms with Gasteiger partial charge in [-0.05, 0) is 23.3 Å². The first kappa shape index (κ1) is 16.1. The van der Waals surface area contributed by atoms with Gasteiger partial charge in [0.1, 0.15) is 0 Å². The van der Waals surface area contributed by atoms with Crippen LogP contribution in [0.15, 0.2) is 36.4 Å². The molecule has 0 radical (unpaired) electrons. The minimum atomic E-state index is -0.198. The second-order valence-corrected chi connectivity index (χ2v) is 5.67. The fourth-order valence-electron chi connectivity index (χ4n) is 1.91. The van der Waals surface area contributed by atoms with Crippen molar-refractivity contribution in [2.45, 2.75) is 13.0 Å². The molecule has 6 heteroatoms. The molecule has 0 aromatic heterocycles. The fraction of sp³-hybridized carbons (Fsp3) is 0.133. The molecular formula is C15H13Cl3N2O. The molecule has 0 saturated heterocycles. The number of hydrogen-bond donors (Lipinski definition) is 2. The molecule has 110 valence electrons. The van der Waals surface area contributed by atoms with Gasteiger partial charge in [0.05, 0.1) is 27.2 Å². The van der Waals surface area contributed by atoms with Gasteiger partial charge in [-0.25, -0.2) is 0 Å². The number of halogens is 3. The van der Waals surface area contributed by atoms with Crippen molar-refractivity contribution in [1.82, 2.24) is 0 Å². The summed E-state index contributed by atoms with van der Waals surface area (Å²) < 4.78 is 0. The summed E-state index contributed by atoms with van der Waals surface area (Å²) in [5.41, 5.74) is 7.91. The Morgan fingerprint density at radius 1 is 1.00 bits per heavy atom. The van der Waals surface area contributed by atoms with Gasteiger partial charge in [0.2, 0.25) is 5.91 Å². The first-order valence-corrected chi connectivity index (χ1v) is 7.36. The number of carbonyl (C=O) groups is 1. The van der Waals surface area contributed by atoms with Crippen molar-refractivity contribution in [2.75, 3.05) is 5.32 Å². The van der Waals surface area contributed by atoms with E-state index in [1.54, 1.807) is 0 Å². The van der Waals surface area contributed by atoms with E-state index in [9.17, 15) is 4.79 Å². The Balaban J connectivity index is 2.14. The fourth-order valence-corrected chi connectivity index (χ4v) is 2.51. The Morgan fingerprint density at radius 3 is 2.29 bits per heavy atom. The van der Waals surface area contributed by atoms with Crippen molar-refractivity contribution in [3.05, 3.63) is 62.6 Å². The van der Waals surface area contributed by atoms with Crippen molar-refractivity contribution < 1.29 is 4.79 Å². The summed E-state index contributed by atoms with van der Waals surface area (Å²) in [5.74, 6) is -0.198. The van der Waals surface area contributed by atoms with Crippen LogP contribution in [0.4, 0.5) is 5.69 Å². The summed E-state index contributed by atoms with van der Waals surface area (Å²) in [6.45, 7) is 0.386. The minimum Gasteiger partial charge on any atom is -0.326 e. The third-order valence-corrected chi connectivity index (χ3v) is 4.01. The van der Waals surface area contributed by atoms with Crippen LogP contribution in [-0.2, 0) is 17.8 Å². The van der Waals surface area contributed by atoms with E-state index < -0.39 is 0 Å². The number of rotatable bonds is 4. The van der Waals surface area contributed by atoms with Crippen LogP contribution in [-0.4, -0.2) is 5.91 Å². The Bertz CT molecular complexity index is 674. The zero-order valence-corrected chi connectivity index (χ0v) is 13.3. The Kier molecular flexibility index (Phi) is 5.48. The predicted octanol–water partition coefficient (Wildman–Crippen LogP) is 4.29. The van der Waals surface area contributed by atoms with Gasteiger partial charge >= 0.3 is 0 Å². The lowest BCUT2D eigenvalue weighted by molar-refractivity contribution is -0.115. The average Bonchev–Trinajstić information content (AvgIpc) is 2.45. The number of anilines is 1. The molecule has 2 rings (SSSR count). The highest BCUT2D eigenvalue weighted by Gasteiger charge is 2.11. The molecule has 3 N–H and O–H groups in total. The van der Waals surface area contributed by atoms with Gasteiger partial charge in [0.15, 0.2) is 0 Å². The molecule has 0 heterocycles. The maximum absolute atomic E-state index is 12.1. The van der Waals surface area contributed by atoms with Gasteiger partial charge in [-0.1, -0.05) is 59.1 Å². The van der Waals surface area contributed by atoms with E-state index in [2.05, 4.69) is 5.32 Å². The van der Waals surface area contributed by atoms with Crippen LogP contribution in [0, 0.1) is 0 Å². The van der Waals surface area contributed by atoms with Crippen LogP contribution >= 0.6 is 34.8 Å². The normalized spacial score (nSPS) is 10.5. The first-order valence-electron chi connectivity index (χ1n) is 6.22. The van der Waals surface area contributed by atoms with E-state index in [-0.39, 0.29) is 12.3 Å². The molecule has 0 atom stereocenters. The number of nitrogens with two attached hydrogens (primary N) is 1. The van der Waals surface area contributed by atoms with Gasteiger partial charge in [0, 0.05) is 6.54 Å². The molecule has 0 spiro atoms. The van der Waals surface area contributed by atoms with Gasteiger partial charge in [0.25, 0.3) is 0 Å². The lowest BCUT2D eigenvalue weighted by atomic mass is 10.0. The largest absolute Gasteiger partial charge is 0.326 e. The Morgan fingerprint density at radius 2 is 1.62 bits per heavy atom. The number of amides is 1. The van der Waals surface area contributed by atoms with E-state index in [4.69, 9.17) is 40.5 Å². The highest BCUT2D eigenvalue weighted by Crippen LogP contribution is 2.32. The molecule has 3 nitrogen and oxygen atoms in total.